The molecule has 0 radical (unpaired) electrons. The Morgan fingerprint density at radius 1 is 1.32 bits per heavy atom. The van der Waals surface area contributed by atoms with Crippen LogP contribution in [0.1, 0.15) is 23.2 Å². The molecule has 22 heavy (non-hydrogen) atoms. The molecule has 5 heteroatoms. The first-order chi connectivity index (χ1) is 10.6. The molecule has 5 nitrogen and oxygen atoms in total. The molecule has 2 rings (SSSR count). The van der Waals surface area contributed by atoms with Crippen molar-refractivity contribution in [2.75, 3.05) is 13.7 Å². The lowest BCUT2D eigenvalue weighted by atomic mass is 10.1. The molecule has 0 saturated carbocycles. The molecular formula is C17H19NO4. The van der Waals surface area contributed by atoms with Gasteiger partial charge in [0, 0.05) is 12.6 Å². The standard InChI is InChI=1S/C17H19NO4/c1-12-3-6-15(22-12)9-10-17(20)18-11-16(19)13-4-7-14(21-2)8-5-13/h3-10,16,19H,11H2,1-2H3,(H,18,20)/b10-9+. The molecule has 116 valence electrons. The molecule has 0 aliphatic rings. The van der Waals surface area contributed by atoms with Gasteiger partial charge in [0.1, 0.15) is 17.3 Å². The lowest BCUT2D eigenvalue weighted by Crippen LogP contribution is -2.26. The second-order valence-electron chi connectivity index (χ2n) is 4.82. The number of methoxy groups -OCH3 is 1. The van der Waals surface area contributed by atoms with Crippen LogP contribution < -0.4 is 10.1 Å². The predicted molar refractivity (Wildman–Crippen MR) is 83.4 cm³/mol. The van der Waals surface area contributed by atoms with Crippen LogP contribution in [0.2, 0.25) is 0 Å². The number of rotatable bonds is 6. The smallest absolute Gasteiger partial charge is 0.244 e. The highest BCUT2D eigenvalue weighted by Crippen LogP contribution is 2.17. The summed E-state index contributed by atoms with van der Waals surface area (Å²) in [6.45, 7) is 1.97. The number of aliphatic hydroxyl groups is 1. The van der Waals surface area contributed by atoms with Crippen LogP contribution >= 0.6 is 0 Å². The third-order valence-corrected chi connectivity index (χ3v) is 3.13. The highest BCUT2D eigenvalue weighted by atomic mass is 16.5. The van der Waals surface area contributed by atoms with E-state index in [-0.39, 0.29) is 12.5 Å². The largest absolute Gasteiger partial charge is 0.497 e. The van der Waals surface area contributed by atoms with Crippen LogP contribution in [-0.4, -0.2) is 24.7 Å². The van der Waals surface area contributed by atoms with E-state index in [4.69, 9.17) is 9.15 Å². The number of aryl methyl sites for hydroxylation is 1. The number of ether oxygens (including phenoxy) is 1. The molecule has 0 spiro atoms. The van der Waals surface area contributed by atoms with E-state index in [2.05, 4.69) is 5.32 Å². The fourth-order valence-corrected chi connectivity index (χ4v) is 1.90. The van der Waals surface area contributed by atoms with Crippen molar-refractivity contribution >= 4 is 12.0 Å². The van der Waals surface area contributed by atoms with E-state index in [0.29, 0.717) is 11.3 Å². The number of nitrogens with one attached hydrogen (secondary N) is 1. The van der Waals surface area contributed by atoms with E-state index < -0.39 is 6.10 Å². The van der Waals surface area contributed by atoms with Crippen molar-refractivity contribution < 1.29 is 19.1 Å². The molecule has 2 aromatic rings. The molecule has 1 unspecified atom stereocenters. The van der Waals surface area contributed by atoms with Crippen LogP contribution in [-0.2, 0) is 4.79 Å². The molecule has 0 bridgehead atoms. The van der Waals surface area contributed by atoms with Gasteiger partial charge in [-0.05, 0) is 42.8 Å². The molecule has 1 heterocycles. The number of carbonyl (C=O) groups excluding carboxylic acids is 1. The number of hydrogen-bond acceptors (Lipinski definition) is 4. The molecule has 1 aromatic carbocycles. The van der Waals surface area contributed by atoms with Crippen molar-refractivity contribution in [1.29, 1.82) is 0 Å². The van der Waals surface area contributed by atoms with E-state index in [9.17, 15) is 9.90 Å². The van der Waals surface area contributed by atoms with Crippen molar-refractivity contribution in [2.45, 2.75) is 13.0 Å². The monoisotopic (exact) mass is 301 g/mol. The Labute approximate surface area is 129 Å². The highest BCUT2D eigenvalue weighted by molar-refractivity contribution is 5.91. The molecular weight excluding hydrogens is 282 g/mol. The van der Waals surface area contributed by atoms with Crippen LogP contribution in [0.25, 0.3) is 6.08 Å². The van der Waals surface area contributed by atoms with Crippen LogP contribution in [0, 0.1) is 6.92 Å². The summed E-state index contributed by atoms with van der Waals surface area (Å²) >= 11 is 0. The summed E-state index contributed by atoms with van der Waals surface area (Å²) in [6.07, 6.45) is 2.19. The van der Waals surface area contributed by atoms with Crippen LogP contribution in [0.15, 0.2) is 46.9 Å². The van der Waals surface area contributed by atoms with Crippen molar-refractivity contribution in [1.82, 2.24) is 5.32 Å². The van der Waals surface area contributed by atoms with Gasteiger partial charge in [-0.3, -0.25) is 4.79 Å². The summed E-state index contributed by atoms with van der Waals surface area (Å²) in [5, 5.41) is 12.7. The fraction of sp³-hybridized carbons (Fsp3) is 0.235. The van der Waals surface area contributed by atoms with Gasteiger partial charge in [-0.25, -0.2) is 0 Å². The Hall–Kier alpha value is -2.53. The highest BCUT2D eigenvalue weighted by Gasteiger charge is 2.08. The van der Waals surface area contributed by atoms with E-state index in [0.717, 1.165) is 11.5 Å². The quantitative estimate of drug-likeness (QED) is 0.804. The normalized spacial score (nSPS) is 12.3. The molecule has 0 aliphatic carbocycles. The molecule has 1 atom stereocenters. The first-order valence-electron chi connectivity index (χ1n) is 6.93. The second kappa shape index (κ2) is 7.47. The van der Waals surface area contributed by atoms with E-state index in [1.807, 2.05) is 13.0 Å². The Bertz CT molecular complexity index is 643. The number of benzene rings is 1. The third kappa shape index (κ3) is 4.49. The average Bonchev–Trinajstić information content (AvgIpc) is 2.96. The lowest BCUT2D eigenvalue weighted by Gasteiger charge is -2.11. The number of furan rings is 1. The van der Waals surface area contributed by atoms with E-state index in [1.54, 1.807) is 43.5 Å². The molecule has 1 aromatic heterocycles. The first kappa shape index (κ1) is 15.9. The zero-order chi connectivity index (χ0) is 15.9. The van der Waals surface area contributed by atoms with Gasteiger partial charge in [-0.2, -0.15) is 0 Å². The Balaban J connectivity index is 1.83. The van der Waals surface area contributed by atoms with Crippen molar-refractivity contribution in [2.24, 2.45) is 0 Å². The third-order valence-electron chi connectivity index (χ3n) is 3.13. The summed E-state index contributed by atoms with van der Waals surface area (Å²) in [6, 6.07) is 10.7. The summed E-state index contributed by atoms with van der Waals surface area (Å²) in [7, 11) is 1.58. The minimum absolute atomic E-state index is 0.132. The molecule has 0 fully saturated rings. The summed E-state index contributed by atoms with van der Waals surface area (Å²) < 4.78 is 10.4. The van der Waals surface area contributed by atoms with Crippen molar-refractivity contribution in [3.63, 3.8) is 0 Å². The van der Waals surface area contributed by atoms with Gasteiger partial charge in [-0.1, -0.05) is 12.1 Å². The molecule has 0 aliphatic heterocycles. The first-order valence-corrected chi connectivity index (χ1v) is 6.93. The zero-order valence-electron chi connectivity index (χ0n) is 12.6. The minimum atomic E-state index is -0.769. The fourth-order valence-electron chi connectivity index (χ4n) is 1.90. The average molecular weight is 301 g/mol. The maximum Gasteiger partial charge on any atom is 0.244 e. The second-order valence-corrected chi connectivity index (χ2v) is 4.82. The van der Waals surface area contributed by atoms with Gasteiger partial charge >= 0.3 is 0 Å². The number of amides is 1. The summed E-state index contributed by atoms with van der Waals surface area (Å²) in [4.78, 5) is 11.7. The SMILES string of the molecule is COc1ccc(C(O)CNC(=O)/C=C/c2ccc(C)o2)cc1. The Morgan fingerprint density at radius 2 is 2.05 bits per heavy atom. The van der Waals surface area contributed by atoms with Crippen molar-refractivity contribution in [3.05, 3.63) is 59.6 Å². The van der Waals surface area contributed by atoms with Crippen LogP contribution in [0.3, 0.4) is 0 Å². The molecule has 1 amide bonds. The van der Waals surface area contributed by atoms with E-state index >= 15 is 0 Å². The van der Waals surface area contributed by atoms with Gasteiger partial charge < -0.3 is 19.6 Å². The van der Waals surface area contributed by atoms with E-state index in [1.165, 1.54) is 6.08 Å². The Morgan fingerprint density at radius 3 is 2.64 bits per heavy atom. The summed E-state index contributed by atoms with van der Waals surface area (Å²) in [5.41, 5.74) is 0.715. The predicted octanol–water partition coefficient (Wildman–Crippen LogP) is 2.46. The number of aliphatic hydroxyl groups excluding tert-OH is 1. The maximum atomic E-state index is 11.7. The summed E-state index contributed by atoms with van der Waals surface area (Å²) in [5.74, 6) is 1.83. The van der Waals surface area contributed by atoms with Crippen LogP contribution in [0.5, 0.6) is 5.75 Å². The van der Waals surface area contributed by atoms with Gasteiger partial charge in [-0.15, -0.1) is 0 Å². The zero-order valence-corrected chi connectivity index (χ0v) is 12.6. The Kier molecular flexibility index (Phi) is 5.38. The number of hydrogen-bond donors (Lipinski definition) is 2. The lowest BCUT2D eigenvalue weighted by molar-refractivity contribution is -0.116. The number of carbonyl (C=O) groups is 1. The topological polar surface area (TPSA) is 71.7 Å². The molecule has 2 N–H and O–H groups in total. The van der Waals surface area contributed by atoms with Gasteiger partial charge in [0.2, 0.25) is 5.91 Å². The van der Waals surface area contributed by atoms with Gasteiger partial charge in [0.05, 0.1) is 13.2 Å². The van der Waals surface area contributed by atoms with Gasteiger partial charge in [0.25, 0.3) is 0 Å². The maximum absolute atomic E-state index is 11.7. The minimum Gasteiger partial charge on any atom is -0.497 e. The van der Waals surface area contributed by atoms with Gasteiger partial charge in [0.15, 0.2) is 0 Å². The van der Waals surface area contributed by atoms with Crippen LogP contribution in [0.4, 0.5) is 0 Å². The van der Waals surface area contributed by atoms with Crippen molar-refractivity contribution in [3.8, 4) is 5.75 Å². The molecule has 0 saturated heterocycles.